The van der Waals surface area contributed by atoms with E-state index in [-0.39, 0.29) is 18.8 Å². The molecule has 0 radical (unpaired) electrons. The van der Waals surface area contributed by atoms with Crippen molar-refractivity contribution >= 4 is 0 Å². The quantitative estimate of drug-likeness (QED) is 0.570. The number of aliphatic hydroxyl groups excluding tert-OH is 2. The van der Waals surface area contributed by atoms with E-state index in [9.17, 15) is 0 Å². The van der Waals surface area contributed by atoms with Gasteiger partial charge in [0.15, 0.2) is 0 Å². The second-order valence-electron chi connectivity index (χ2n) is 4.93. The minimum atomic E-state index is -0.445. The SMILES string of the molecule is CC(O)COC(C)CO.CCCOCC(C)OCCC. The molecular formula is C15H34O5. The Kier molecular flexibility index (Phi) is 18.6. The Hall–Kier alpha value is -0.200. The van der Waals surface area contributed by atoms with E-state index in [0.717, 1.165) is 32.7 Å². The lowest BCUT2D eigenvalue weighted by atomic mass is 10.4. The molecule has 0 spiro atoms. The molecule has 3 atom stereocenters. The van der Waals surface area contributed by atoms with Gasteiger partial charge in [-0.05, 0) is 33.6 Å². The van der Waals surface area contributed by atoms with Crippen molar-refractivity contribution in [1.29, 1.82) is 0 Å². The van der Waals surface area contributed by atoms with Crippen LogP contribution in [0.4, 0.5) is 0 Å². The van der Waals surface area contributed by atoms with Gasteiger partial charge in [0.2, 0.25) is 0 Å². The van der Waals surface area contributed by atoms with Gasteiger partial charge in [0, 0.05) is 13.2 Å². The van der Waals surface area contributed by atoms with E-state index in [0.29, 0.717) is 6.61 Å². The molecule has 0 fully saturated rings. The standard InChI is InChI=1S/C9H20O2.C6H14O3/c1-4-6-10-8-9(3)11-7-5-2;1-5(8)4-9-6(2)3-7/h9H,4-8H2,1-3H3;5-8H,3-4H2,1-2H3. The van der Waals surface area contributed by atoms with E-state index in [4.69, 9.17) is 24.4 Å². The summed E-state index contributed by atoms with van der Waals surface area (Å²) in [5.74, 6) is 0. The zero-order chi connectivity index (χ0) is 15.8. The van der Waals surface area contributed by atoms with Crippen molar-refractivity contribution in [3.8, 4) is 0 Å². The summed E-state index contributed by atoms with van der Waals surface area (Å²) in [6, 6.07) is 0. The first-order valence-electron chi connectivity index (χ1n) is 7.57. The number of hydrogen-bond donors (Lipinski definition) is 2. The average Bonchev–Trinajstić information content (AvgIpc) is 2.43. The molecule has 0 aliphatic carbocycles. The maximum Gasteiger partial charge on any atom is 0.0780 e. The summed E-state index contributed by atoms with van der Waals surface area (Å²) in [6.45, 7) is 12.4. The second-order valence-corrected chi connectivity index (χ2v) is 4.93. The Bertz CT molecular complexity index is 176. The number of aliphatic hydroxyl groups is 2. The van der Waals surface area contributed by atoms with Crippen molar-refractivity contribution in [3.63, 3.8) is 0 Å². The molecule has 124 valence electrons. The van der Waals surface area contributed by atoms with Gasteiger partial charge in [-0.25, -0.2) is 0 Å². The van der Waals surface area contributed by atoms with Crippen LogP contribution in [0.3, 0.4) is 0 Å². The third kappa shape index (κ3) is 20.1. The topological polar surface area (TPSA) is 68.2 Å². The van der Waals surface area contributed by atoms with Crippen LogP contribution in [0.25, 0.3) is 0 Å². The van der Waals surface area contributed by atoms with Crippen LogP contribution in [0.5, 0.6) is 0 Å². The smallest absolute Gasteiger partial charge is 0.0780 e. The van der Waals surface area contributed by atoms with Gasteiger partial charge in [-0.2, -0.15) is 0 Å². The highest BCUT2D eigenvalue weighted by Crippen LogP contribution is 1.93. The van der Waals surface area contributed by atoms with Crippen molar-refractivity contribution in [2.75, 3.05) is 33.0 Å². The van der Waals surface area contributed by atoms with Gasteiger partial charge in [0.1, 0.15) is 0 Å². The summed E-state index contributed by atoms with van der Waals surface area (Å²) in [7, 11) is 0. The second kappa shape index (κ2) is 16.9. The molecule has 0 aromatic rings. The van der Waals surface area contributed by atoms with Gasteiger partial charge < -0.3 is 24.4 Å². The van der Waals surface area contributed by atoms with Gasteiger partial charge in [-0.15, -0.1) is 0 Å². The maximum absolute atomic E-state index is 8.69. The minimum absolute atomic E-state index is 0.00667. The Morgan fingerprint density at radius 3 is 1.90 bits per heavy atom. The molecule has 0 saturated heterocycles. The predicted molar refractivity (Wildman–Crippen MR) is 81.0 cm³/mol. The van der Waals surface area contributed by atoms with E-state index < -0.39 is 6.10 Å². The zero-order valence-corrected chi connectivity index (χ0v) is 13.8. The Morgan fingerprint density at radius 2 is 1.45 bits per heavy atom. The summed E-state index contributed by atoms with van der Waals surface area (Å²) >= 11 is 0. The molecule has 0 bridgehead atoms. The van der Waals surface area contributed by atoms with Crippen molar-refractivity contribution < 1.29 is 24.4 Å². The summed E-state index contributed by atoms with van der Waals surface area (Å²) in [5, 5.41) is 17.1. The summed E-state index contributed by atoms with van der Waals surface area (Å²) in [4.78, 5) is 0. The van der Waals surface area contributed by atoms with Gasteiger partial charge >= 0.3 is 0 Å². The van der Waals surface area contributed by atoms with Gasteiger partial charge in [0.25, 0.3) is 0 Å². The maximum atomic E-state index is 8.69. The third-order valence-electron chi connectivity index (χ3n) is 2.19. The lowest BCUT2D eigenvalue weighted by molar-refractivity contribution is -0.0177. The van der Waals surface area contributed by atoms with Gasteiger partial charge in [-0.1, -0.05) is 13.8 Å². The van der Waals surface area contributed by atoms with Crippen LogP contribution in [0.15, 0.2) is 0 Å². The first-order valence-corrected chi connectivity index (χ1v) is 7.57. The van der Waals surface area contributed by atoms with Crippen LogP contribution in [0.2, 0.25) is 0 Å². The number of hydrogen-bond acceptors (Lipinski definition) is 5. The molecule has 0 aliphatic heterocycles. The Labute approximate surface area is 124 Å². The number of rotatable bonds is 11. The van der Waals surface area contributed by atoms with Crippen LogP contribution in [0.1, 0.15) is 47.5 Å². The molecule has 3 unspecified atom stereocenters. The Morgan fingerprint density at radius 1 is 0.850 bits per heavy atom. The highest BCUT2D eigenvalue weighted by Gasteiger charge is 2.01. The fourth-order valence-corrected chi connectivity index (χ4v) is 1.12. The van der Waals surface area contributed by atoms with Crippen molar-refractivity contribution in [3.05, 3.63) is 0 Å². The molecule has 0 aliphatic rings. The van der Waals surface area contributed by atoms with Crippen LogP contribution in [-0.2, 0) is 14.2 Å². The number of ether oxygens (including phenoxy) is 3. The first kappa shape index (κ1) is 22.1. The summed E-state index contributed by atoms with van der Waals surface area (Å²) in [5.41, 5.74) is 0. The van der Waals surface area contributed by atoms with E-state index in [1.165, 1.54) is 0 Å². The van der Waals surface area contributed by atoms with Crippen LogP contribution >= 0.6 is 0 Å². The fourth-order valence-electron chi connectivity index (χ4n) is 1.12. The average molecular weight is 294 g/mol. The predicted octanol–water partition coefficient (Wildman–Crippen LogP) is 1.99. The van der Waals surface area contributed by atoms with E-state index in [1.54, 1.807) is 13.8 Å². The summed E-state index contributed by atoms with van der Waals surface area (Å²) < 4.78 is 15.7. The molecule has 2 N–H and O–H groups in total. The van der Waals surface area contributed by atoms with Crippen LogP contribution in [-0.4, -0.2) is 61.6 Å². The van der Waals surface area contributed by atoms with Crippen LogP contribution < -0.4 is 0 Å². The first-order chi connectivity index (χ1) is 9.47. The largest absolute Gasteiger partial charge is 0.394 e. The van der Waals surface area contributed by atoms with E-state index in [1.807, 2.05) is 6.92 Å². The van der Waals surface area contributed by atoms with Gasteiger partial charge in [-0.3, -0.25) is 0 Å². The Balaban J connectivity index is 0. The minimum Gasteiger partial charge on any atom is -0.394 e. The highest BCUT2D eigenvalue weighted by atomic mass is 16.5. The normalized spacial score (nSPS) is 15.2. The fraction of sp³-hybridized carbons (Fsp3) is 1.00. The van der Waals surface area contributed by atoms with Crippen LogP contribution in [0, 0.1) is 0 Å². The monoisotopic (exact) mass is 294 g/mol. The third-order valence-corrected chi connectivity index (χ3v) is 2.19. The van der Waals surface area contributed by atoms with Crippen molar-refractivity contribution in [1.82, 2.24) is 0 Å². The van der Waals surface area contributed by atoms with E-state index in [2.05, 4.69) is 13.8 Å². The molecule has 5 heteroatoms. The zero-order valence-electron chi connectivity index (χ0n) is 13.8. The molecule has 0 saturated carbocycles. The van der Waals surface area contributed by atoms with Crippen molar-refractivity contribution in [2.24, 2.45) is 0 Å². The molecule has 20 heavy (non-hydrogen) atoms. The van der Waals surface area contributed by atoms with Gasteiger partial charge in [0.05, 0.1) is 38.1 Å². The summed E-state index contributed by atoms with van der Waals surface area (Å²) in [6.07, 6.45) is 1.80. The lowest BCUT2D eigenvalue weighted by Gasteiger charge is -2.11. The van der Waals surface area contributed by atoms with E-state index >= 15 is 0 Å². The van der Waals surface area contributed by atoms with Crippen molar-refractivity contribution in [2.45, 2.75) is 65.8 Å². The molecule has 0 rings (SSSR count). The molecular weight excluding hydrogens is 260 g/mol. The molecule has 0 heterocycles. The molecule has 5 nitrogen and oxygen atoms in total. The molecule has 0 aromatic carbocycles. The highest BCUT2D eigenvalue weighted by molar-refractivity contribution is 4.48. The molecule has 0 amide bonds. The lowest BCUT2D eigenvalue weighted by Crippen LogP contribution is -2.19. The molecule has 0 aromatic heterocycles.